The Bertz CT molecular complexity index is 645. The lowest BCUT2D eigenvalue weighted by Gasteiger charge is -2.35. The second-order valence-electron chi connectivity index (χ2n) is 7.90. The summed E-state index contributed by atoms with van der Waals surface area (Å²) in [4.78, 5) is 28.2. The lowest BCUT2D eigenvalue weighted by molar-refractivity contribution is -0.919. The van der Waals surface area contributed by atoms with Crippen molar-refractivity contribution in [3.05, 3.63) is 29.8 Å². The minimum atomic E-state index is -0.106. The first-order valence-electron chi connectivity index (χ1n) is 10.5. The molecule has 1 amide bonds. The highest BCUT2D eigenvalue weighted by molar-refractivity contribution is 5.79. The van der Waals surface area contributed by atoms with E-state index in [2.05, 4.69) is 12.1 Å². The maximum atomic E-state index is 12.9. The van der Waals surface area contributed by atoms with Gasteiger partial charge >= 0.3 is 5.97 Å². The van der Waals surface area contributed by atoms with Crippen molar-refractivity contribution in [2.45, 2.75) is 39.2 Å². The van der Waals surface area contributed by atoms with E-state index in [9.17, 15) is 9.59 Å². The number of amides is 1. The number of nitrogens with one attached hydrogen (secondary N) is 1. The van der Waals surface area contributed by atoms with Gasteiger partial charge in [0.05, 0.1) is 32.7 Å². The highest BCUT2D eigenvalue weighted by atomic mass is 16.5. The van der Waals surface area contributed by atoms with Crippen LogP contribution in [0.3, 0.4) is 0 Å². The molecule has 0 atom stereocenters. The van der Waals surface area contributed by atoms with Crippen molar-refractivity contribution < 1.29 is 24.0 Å². The van der Waals surface area contributed by atoms with Gasteiger partial charge in [-0.2, -0.15) is 0 Å². The van der Waals surface area contributed by atoms with Crippen molar-refractivity contribution in [1.82, 2.24) is 4.90 Å². The number of quaternary nitrogens is 1. The zero-order valence-corrected chi connectivity index (χ0v) is 17.1. The normalized spacial score (nSPS) is 23.3. The molecule has 28 heavy (non-hydrogen) atoms. The van der Waals surface area contributed by atoms with Crippen LogP contribution in [0, 0.1) is 11.8 Å². The first-order chi connectivity index (χ1) is 13.6. The summed E-state index contributed by atoms with van der Waals surface area (Å²) >= 11 is 0. The Morgan fingerprint density at radius 2 is 1.68 bits per heavy atom. The van der Waals surface area contributed by atoms with Crippen LogP contribution in [0.5, 0.6) is 5.75 Å². The smallest absolute Gasteiger partial charge is 0.309 e. The molecule has 2 saturated heterocycles. The van der Waals surface area contributed by atoms with Gasteiger partial charge in [0.15, 0.2) is 0 Å². The van der Waals surface area contributed by atoms with Gasteiger partial charge in [-0.25, -0.2) is 0 Å². The second kappa shape index (κ2) is 9.92. The van der Waals surface area contributed by atoms with Gasteiger partial charge in [-0.3, -0.25) is 9.59 Å². The Morgan fingerprint density at radius 3 is 2.25 bits per heavy atom. The van der Waals surface area contributed by atoms with Crippen molar-refractivity contribution in [1.29, 1.82) is 0 Å². The SMILES string of the molecule is CCOC(=O)C1CCN(C(=O)C2CC[NH+](Cc3ccc(OC)cc3)CC2)CC1. The monoisotopic (exact) mass is 389 g/mol. The average molecular weight is 390 g/mol. The zero-order chi connectivity index (χ0) is 19.9. The van der Waals surface area contributed by atoms with Crippen LogP contribution >= 0.6 is 0 Å². The Hall–Kier alpha value is -2.08. The summed E-state index contributed by atoms with van der Waals surface area (Å²) in [5.41, 5.74) is 1.31. The van der Waals surface area contributed by atoms with E-state index in [0.717, 1.165) is 51.1 Å². The summed E-state index contributed by atoms with van der Waals surface area (Å²) in [6.45, 7) is 6.68. The molecular weight excluding hydrogens is 356 g/mol. The van der Waals surface area contributed by atoms with Crippen LogP contribution in [0.2, 0.25) is 0 Å². The first-order valence-corrected chi connectivity index (χ1v) is 10.5. The number of likely N-dealkylation sites (tertiary alicyclic amines) is 2. The van der Waals surface area contributed by atoms with E-state index in [4.69, 9.17) is 9.47 Å². The van der Waals surface area contributed by atoms with Gasteiger partial charge in [-0.15, -0.1) is 0 Å². The number of hydrogen-bond acceptors (Lipinski definition) is 4. The summed E-state index contributed by atoms with van der Waals surface area (Å²) < 4.78 is 10.3. The number of benzene rings is 1. The summed E-state index contributed by atoms with van der Waals surface area (Å²) in [6.07, 6.45) is 3.35. The van der Waals surface area contributed by atoms with E-state index in [1.807, 2.05) is 24.0 Å². The third kappa shape index (κ3) is 5.25. The van der Waals surface area contributed by atoms with Crippen molar-refractivity contribution in [3.8, 4) is 5.75 Å². The number of rotatable bonds is 6. The minimum Gasteiger partial charge on any atom is -0.497 e. The molecule has 2 heterocycles. The van der Waals surface area contributed by atoms with Crippen LogP contribution in [0.4, 0.5) is 0 Å². The molecule has 0 spiro atoms. The van der Waals surface area contributed by atoms with E-state index in [-0.39, 0.29) is 23.7 Å². The molecule has 6 heteroatoms. The standard InChI is InChI=1S/C22H32N2O4/c1-3-28-22(26)19-10-14-24(15-11-19)21(25)18-8-12-23(13-9-18)16-17-4-6-20(27-2)7-5-17/h4-7,18-19H,3,8-16H2,1-2H3/p+1. The van der Waals surface area contributed by atoms with Crippen molar-refractivity contribution in [2.75, 3.05) is 39.9 Å². The summed E-state index contributed by atoms with van der Waals surface area (Å²) in [7, 11) is 1.68. The fourth-order valence-electron chi connectivity index (χ4n) is 4.34. The highest BCUT2D eigenvalue weighted by Crippen LogP contribution is 2.22. The number of carbonyl (C=O) groups excluding carboxylic acids is 2. The molecule has 154 valence electrons. The van der Waals surface area contributed by atoms with Crippen LogP contribution in [-0.2, 0) is 20.9 Å². The van der Waals surface area contributed by atoms with Gasteiger partial charge in [0.1, 0.15) is 12.3 Å². The Morgan fingerprint density at radius 1 is 1.04 bits per heavy atom. The first kappa shape index (κ1) is 20.6. The Kier molecular flexibility index (Phi) is 7.31. The number of ether oxygens (including phenoxy) is 2. The number of carbonyl (C=O) groups is 2. The van der Waals surface area contributed by atoms with Crippen LogP contribution in [0.25, 0.3) is 0 Å². The highest BCUT2D eigenvalue weighted by Gasteiger charge is 2.34. The molecular formula is C22H33N2O4+. The zero-order valence-electron chi connectivity index (χ0n) is 17.1. The van der Waals surface area contributed by atoms with Gasteiger partial charge in [-0.05, 0) is 44.0 Å². The molecule has 1 aromatic rings. The molecule has 2 aliphatic rings. The molecule has 1 aromatic carbocycles. The molecule has 6 nitrogen and oxygen atoms in total. The van der Waals surface area contributed by atoms with E-state index in [1.54, 1.807) is 7.11 Å². The number of nitrogens with zero attached hydrogens (tertiary/aromatic N) is 1. The predicted molar refractivity (Wildman–Crippen MR) is 106 cm³/mol. The van der Waals surface area contributed by atoms with Crippen molar-refractivity contribution in [3.63, 3.8) is 0 Å². The largest absolute Gasteiger partial charge is 0.497 e. The van der Waals surface area contributed by atoms with E-state index in [1.165, 1.54) is 10.5 Å². The fourth-order valence-corrected chi connectivity index (χ4v) is 4.34. The van der Waals surface area contributed by atoms with Crippen molar-refractivity contribution >= 4 is 11.9 Å². The topological polar surface area (TPSA) is 60.3 Å². The van der Waals surface area contributed by atoms with Crippen LogP contribution in [-0.4, -0.2) is 56.7 Å². The predicted octanol–water partition coefficient (Wildman–Crippen LogP) is 1.29. The van der Waals surface area contributed by atoms with Gasteiger partial charge in [0.25, 0.3) is 0 Å². The van der Waals surface area contributed by atoms with Gasteiger partial charge in [0, 0.05) is 37.4 Å². The van der Waals surface area contributed by atoms with E-state index < -0.39 is 0 Å². The maximum Gasteiger partial charge on any atom is 0.309 e. The van der Waals surface area contributed by atoms with Crippen LogP contribution in [0.1, 0.15) is 38.2 Å². The molecule has 0 unspecified atom stereocenters. The van der Waals surface area contributed by atoms with Gasteiger partial charge < -0.3 is 19.3 Å². The van der Waals surface area contributed by atoms with E-state index >= 15 is 0 Å². The van der Waals surface area contributed by atoms with Crippen molar-refractivity contribution in [2.24, 2.45) is 11.8 Å². The van der Waals surface area contributed by atoms with Gasteiger partial charge in [-0.1, -0.05) is 0 Å². The molecule has 0 aliphatic carbocycles. The molecule has 0 saturated carbocycles. The molecule has 0 bridgehead atoms. The van der Waals surface area contributed by atoms with Crippen LogP contribution < -0.4 is 9.64 Å². The minimum absolute atomic E-state index is 0.0419. The molecule has 2 fully saturated rings. The van der Waals surface area contributed by atoms with Crippen LogP contribution in [0.15, 0.2) is 24.3 Å². The average Bonchev–Trinajstić information content (AvgIpc) is 2.74. The number of hydrogen-bond donors (Lipinski definition) is 1. The lowest BCUT2D eigenvalue weighted by Crippen LogP contribution is -3.11. The number of piperidine rings is 2. The second-order valence-corrected chi connectivity index (χ2v) is 7.90. The molecule has 2 aliphatic heterocycles. The maximum absolute atomic E-state index is 12.9. The molecule has 0 radical (unpaired) electrons. The fraction of sp³-hybridized carbons (Fsp3) is 0.636. The third-order valence-electron chi connectivity index (χ3n) is 6.08. The Balaban J connectivity index is 1.42. The summed E-state index contributed by atoms with van der Waals surface area (Å²) in [5.74, 6) is 1.16. The Labute approximate surface area is 167 Å². The quantitative estimate of drug-likeness (QED) is 0.745. The third-order valence-corrected chi connectivity index (χ3v) is 6.08. The van der Waals surface area contributed by atoms with E-state index in [0.29, 0.717) is 19.7 Å². The molecule has 1 N–H and O–H groups in total. The summed E-state index contributed by atoms with van der Waals surface area (Å²) in [5, 5.41) is 0. The van der Waals surface area contributed by atoms with Gasteiger partial charge in [0.2, 0.25) is 5.91 Å². The molecule has 3 rings (SSSR count). The number of esters is 1. The summed E-state index contributed by atoms with van der Waals surface area (Å²) in [6, 6.07) is 8.25. The molecule has 0 aromatic heterocycles. The lowest BCUT2D eigenvalue weighted by atomic mass is 9.92. The number of methoxy groups -OCH3 is 1.